The first kappa shape index (κ1) is 11.7. The Kier molecular flexibility index (Phi) is 9.35. The minimum atomic E-state index is -1.08. The van der Waals surface area contributed by atoms with Crippen molar-refractivity contribution in [3.8, 4) is 0 Å². The molecule has 0 aromatic heterocycles. The average molecular weight is 146 g/mol. The molecule has 0 rings (SSSR count). The highest BCUT2D eigenvalue weighted by Crippen LogP contribution is 1.54. The number of carboxylic acid groups (broad SMARTS) is 1. The SMILES string of the molecule is C=CNC(=O)O.CN(C)C. The molecule has 0 aromatic rings. The number of amides is 1. The summed E-state index contributed by atoms with van der Waals surface area (Å²) in [5, 5.41) is 9.62. The Bertz CT molecular complexity index is 99.2. The summed E-state index contributed by atoms with van der Waals surface area (Å²) in [5.41, 5.74) is 0. The van der Waals surface area contributed by atoms with Gasteiger partial charge in [0.2, 0.25) is 0 Å². The summed E-state index contributed by atoms with van der Waals surface area (Å²) in [6.45, 7) is 3.11. The first-order valence-electron chi connectivity index (χ1n) is 2.72. The normalized spacial score (nSPS) is 7.60. The van der Waals surface area contributed by atoms with E-state index in [2.05, 4.69) is 6.58 Å². The van der Waals surface area contributed by atoms with Gasteiger partial charge in [-0.3, -0.25) is 5.32 Å². The summed E-state index contributed by atoms with van der Waals surface area (Å²) < 4.78 is 0. The van der Waals surface area contributed by atoms with Crippen molar-refractivity contribution in [3.05, 3.63) is 12.8 Å². The van der Waals surface area contributed by atoms with Crippen LogP contribution in [0.1, 0.15) is 0 Å². The standard InChI is InChI=1S/C3H5NO2.C3H9N/c1-2-4-3(5)6;1-4(2)3/h2,4H,1H2,(H,5,6);1-3H3. The highest BCUT2D eigenvalue weighted by atomic mass is 16.4. The van der Waals surface area contributed by atoms with Gasteiger partial charge in [-0.2, -0.15) is 0 Å². The maximum Gasteiger partial charge on any atom is 0.408 e. The van der Waals surface area contributed by atoms with Crippen LogP contribution in [0.3, 0.4) is 0 Å². The molecular weight excluding hydrogens is 132 g/mol. The molecule has 4 nitrogen and oxygen atoms in total. The van der Waals surface area contributed by atoms with E-state index in [0.29, 0.717) is 0 Å². The molecule has 0 unspecified atom stereocenters. The molecular formula is C6H14N2O2. The molecule has 60 valence electrons. The third-order valence-electron chi connectivity index (χ3n) is 0.226. The average Bonchev–Trinajstić information content (AvgIpc) is 1.62. The van der Waals surface area contributed by atoms with Crippen molar-refractivity contribution in [1.82, 2.24) is 10.2 Å². The van der Waals surface area contributed by atoms with Gasteiger partial charge in [-0.25, -0.2) is 4.79 Å². The molecule has 0 saturated heterocycles. The summed E-state index contributed by atoms with van der Waals surface area (Å²) in [7, 11) is 6.00. The predicted molar refractivity (Wildman–Crippen MR) is 41.0 cm³/mol. The van der Waals surface area contributed by atoms with E-state index >= 15 is 0 Å². The smallest absolute Gasteiger partial charge is 0.408 e. The Morgan fingerprint density at radius 2 is 1.90 bits per heavy atom. The number of nitrogens with zero attached hydrogens (tertiary/aromatic N) is 1. The van der Waals surface area contributed by atoms with Crippen LogP contribution in [-0.4, -0.2) is 37.2 Å². The summed E-state index contributed by atoms with van der Waals surface area (Å²) >= 11 is 0. The van der Waals surface area contributed by atoms with E-state index in [1.807, 2.05) is 31.4 Å². The Labute approximate surface area is 61.1 Å². The van der Waals surface area contributed by atoms with Crippen molar-refractivity contribution in [3.63, 3.8) is 0 Å². The lowest BCUT2D eigenvalue weighted by Gasteiger charge is -1.90. The van der Waals surface area contributed by atoms with Gasteiger partial charge in [0.25, 0.3) is 0 Å². The minimum Gasteiger partial charge on any atom is -0.465 e. The molecule has 0 bridgehead atoms. The van der Waals surface area contributed by atoms with Crippen molar-refractivity contribution < 1.29 is 9.90 Å². The van der Waals surface area contributed by atoms with Crippen LogP contribution in [0.5, 0.6) is 0 Å². The molecule has 0 heterocycles. The lowest BCUT2D eigenvalue weighted by Crippen LogP contribution is -2.11. The van der Waals surface area contributed by atoms with E-state index in [1.165, 1.54) is 0 Å². The van der Waals surface area contributed by atoms with Crippen LogP contribution < -0.4 is 5.32 Å². The largest absolute Gasteiger partial charge is 0.465 e. The summed E-state index contributed by atoms with van der Waals surface area (Å²) in [4.78, 5) is 11.4. The fraction of sp³-hybridized carbons (Fsp3) is 0.500. The zero-order valence-corrected chi connectivity index (χ0v) is 6.59. The van der Waals surface area contributed by atoms with E-state index in [4.69, 9.17) is 5.11 Å². The number of hydrogen-bond donors (Lipinski definition) is 2. The Morgan fingerprint density at radius 3 is 1.90 bits per heavy atom. The van der Waals surface area contributed by atoms with Crippen molar-refractivity contribution >= 4 is 6.09 Å². The van der Waals surface area contributed by atoms with Crippen LogP contribution in [0.25, 0.3) is 0 Å². The summed E-state index contributed by atoms with van der Waals surface area (Å²) in [5.74, 6) is 0. The van der Waals surface area contributed by atoms with Gasteiger partial charge in [0.15, 0.2) is 0 Å². The Balaban J connectivity index is 0. The van der Waals surface area contributed by atoms with Crippen LogP contribution in [0, 0.1) is 0 Å². The van der Waals surface area contributed by atoms with Gasteiger partial charge >= 0.3 is 6.09 Å². The fourth-order valence-corrected chi connectivity index (χ4v) is 0.0873. The van der Waals surface area contributed by atoms with Gasteiger partial charge in [-0.05, 0) is 27.3 Å². The predicted octanol–water partition coefficient (Wildman–Crippen LogP) is 0.575. The lowest BCUT2D eigenvalue weighted by atomic mass is 11.0. The van der Waals surface area contributed by atoms with E-state index in [-0.39, 0.29) is 0 Å². The third kappa shape index (κ3) is 64.0. The monoisotopic (exact) mass is 146 g/mol. The van der Waals surface area contributed by atoms with Crippen LogP contribution in [0.2, 0.25) is 0 Å². The molecule has 0 spiro atoms. The maximum atomic E-state index is 9.42. The topological polar surface area (TPSA) is 52.6 Å². The van der Waals surface area contributed by atoms with Crippen molar-refractivity contribution in [2.75, 3.05) is 21.1 Å². The van der Waals surface area contributed by atoms with Crippen molar-refractivity contribution in [1.29, 1.82) is 0 Å². The number of hydrogen-bond acceptors (Lipinski definition) is 2. The fourth-order valence-electron chi connectivity index (χ4n) is 0.0873. The first-order chi connectivity index (χ1) is 4.50. The number of nitrogens with one attached hydrogen (secondary N) is 1. The molecule has 0 atom stereocenters. The second-order valence-corrected chi connectivity index (χ2v) is 2.00. The summed E-state index contributed by atoms with van der Waals surface area (Å²) in [6.07, 6.45) is 0.0208. The highest BCUT2D eigenvalue weighted by molar-refractivity contribution is 5.65. The number of rotatable bonds is 1. The zero-order valence-electron chi connectivity index (χ0n) is 6.59. The quantitative estimate of drug-likeness (QED) is 0.568. The van der Waals surface area contributed by atoms with Gasteiger partial charge in [0.05, 0.1) is 0 Å². The zero-order chi connectivity index (χ0) is 8.57. The molecule has 0 aliphatic heterocycles. The molecule has 0 saturated carbocycles. The lowest BCUT2D eigenvalue weighted by molar-refractivity contribution is 0.198. The molecule has 0 aliphatic rings. The van der Waals surface area contributed by atoms with E-state index in [0.717, 1.165) is 6.20 Å². The Morgan fingerprint density at radius 1 is 1.60 bits per heavy atom. The molecule has 2 N–H and O–H groups in total. The van der Waals surface area contributed by atoms with Crippen molar-refractivity contribution in [2.45, 2.75) is 0 Å². The second-order valence-electron chi connectivity index (χ2n) is 2.00. The van der Waals surface area contributed by atoms with Crippen molar-refractivity contribution in [2.24, 2.45) is 0 Å². The van der Waals surface area contributed by atoms with Crippen LogP contribution in [0.4, 0.5) is 4.79 Å². The van der Waals surface area contributed by atoms with Crippen LogP contribution in [-0.2, 0) is 0 Å². The van der Waals surface area contributed by atoms with Gasteiger partial charge < -0.3 is 10.0 Å². The molecule has 0 fully saturated rings. The van der Waals surface area contributed by atoms with Gasteiger partial charge in [0.1, 0.15) is 0 Å². The Hall–Kier alpha value is -1.03. The third-order valence-corrected chi connectivity index (χ3v) is 0.226. The summed E-state index contributed by atoms with van der Waals surface area (Å²) in [6, 6.07) is 0. The minimum absolute atomic E-state index is 1.08. The van der Waals surface area contributed by atoms with Gasteiger partial charge in [0, 0.05) is 0 Å². The first-order valence-corrected chi connectivity index (χ1v) is 2.72. The van der Waals surface area contributed by atoms with Crippen LogP contribution >= 0.6 is 0 Å². The van der Waals surface area contributed by atoms with E-state index < -0.39 is 6.09 Å². The molecule has 4 heteroatoms. The van der Waals surface area contributed by atoms with Crippen LogP contribution in [0.15, 0.2) is 12.8 Å². The molecule has 0 aromatic carbocycles. The second kappa shape index (κ2) is 7.97. The molecule has 10 heavy (non-hydrogen) atoms. The maximum absolute atomic E-state index is 9.42. The highest BCUT2D eigenvalue weighted by Gasteiger charge is 1.80. The molecule has 0 aliphatic carbocycles. The van der Waals surface area contributed by atoms with Gasteiger partial charge in [-0.15, -0.1) is 0 Å². The van der Waals surface area contributed by atoms with E-state index in [1.54, 1.807) is 0 Å². The molecule has 1 amide bonds. The number of carbonyl (C=O) groups is 1. The molecule has 0 radical (unpaired) electrons. The van der Waals surface area contributed by atoms with E-state index in [9.17, 15) is 4.79 Å². The van der Waals surface area contributed by atoms with Gasteiger partial charge in [-0.1, -0.05) is 6.58 Å².